The summed E-state index contributed by atoms with van der Waals surface area (Å²) in [6.07, 6.45) is 0. The summed E-state index contributed by atoms with van der Waals surface area (Å²) in [4.78, 5) is 26.3. The lowest BCUT2D eigenvalue weighted by Gasteiger charge is -2.16. The van der Waals surface area contributed by atoms with E-state index in [1.807, 2.05) is 25.1 Å². The minimum atomic E-state index is -0.552. The quantitative estimate of drug-likeness (QED) is 0.530. The Morgan fingerprint density at radius 3 is 2.44 bits per heavy atom. The van der Waals surface area contributed by atoms with E-state index in [4.69, 9.17) is 16.3 Å². The van der Waals surface area contributed by atoms with Gasteiger partial charge in [0.05, 0.1) is 18.0 Å². The van der Waals surface area contributed by atoms with Crippen LogP contribution in [0.25, 0.3) is 0 Å². The third-order valence-corrected chi connectivity index (χ3v) is 4.63. The summed E-state index contributed by atoms with van der Waals surface area (Å²) >= 11 is 8.30. The lowest BCUT2D eigenvalue weighted by Crippen LogP contribution is -2.32. The zero-order chi connectivity index (χ0) is 18.0. The van der Waals surface area contributed by atoms with Gasteiger partial charge in [0.15, 0.2) is 0 Å². The van der Waals surface area contributed by atoms with E-state index in [9.17, 15) is 9.59 Å². The second-order valence-electron chi connectivity index (χ2n) is 5.17. The summed E-state index contributed by atoms with van der Waals surface area (Å²) in [5.41, 5.74) is 1.09. The number of nitrogens with zero attached hydrogens (tertiary/aromatic N) is 1. The van der Waals surface area contributed by atoms with Crippen LogP contribution in [0.15, 0.2) is 59.3 Å². The van der Waals surface area contributed by atoms with Gasteiger partial charge in [0.2, 0.25) is 0 Å². The summed E-state index contributed by atoms with van der Waals surface area (Å²) in [5.74, 6) is -0.471. The summed E-state index contributed by atoms with van der Waals surface area (Å²) in [6, 6.07) is 14.2. The van der Waals surface area contributed by atoms with Gasteiger partial charge in [-0.3, -0.25) is 9.59 Å². The van der Waals surface area contributed by atoms with Crippen LogP contribution in [0, 0.1) is 3.57 Å². The largest absolute Gasteiger partial charge is 0.492 e. The Labute approximate surface area is 163 Å². The molecule has 7 heteroatoms. The van der Waals surface area contributed by atoms with Crippen molar-refractivity contribution in [1.82, 2.24) is 0 Å². The van der Waals surface area contributed by atoms with Crippen molar-refractivity contribution in [3.05, 3.63) is 62.8 Å². The van der Waals surface area contributed by atoms with Gasteiger partial charge in [-0.15, -0.1) is 0 Å². The fraction of sp³-hybridized carbons (Fsp3) is 0.111. The fourth-order valence-corrected chi connectivity index (χ4v) is 2.99. The molecule has 0 radical (unpaired) electrons. The van der Waals surface area contributed by atoms with Gasteiger partial charge in [0, 0.05) is 3.57 Å². The Morgan fingerprint density at radius 1 is 1.08 bits per heavy atom. The first-order valence-electron chi connectivity index (χ1n) is 7.56. The number of hydrogen-bond donors (Lipinski definition) is 1. The molecule has 0 atom stereocenters. The molecule has 0 fully saturated rings. The van der Waals surface area contributed by atoms with Crippen LogP contribution in [0.1, 0.15) is 6.92 Å². The average molecular weight is 469 g/mol. The molecule has 0 saturated carbocycles. The summed E-state index contributed by atoms with van der Waals surface area (Å²) < 4.78 is 6.53. The lowest BCUT2D eigenvalue weighted by molar-refractivity contribution is -0.120. The van der Waals surface area contributed by atoms with Crippen LogP contribution in [0.3, 0.4) is 0 Å². The molecule has 0 aromatic heterocycles. The lowest BCUT2D eigenvalue weighted by atomic mass is 10.2. The number of rotatable bonds is 5. The molecule has 1 aliphatic rings. The van der Waals surface area contributed by atoms with Crippen molar-refractivity contribution in [2.45, 2.75) is 6.92 Å². The number of amides is 2. The second-order valence-corrected chi connectivity index (χ2v) is 6.79. The van der Waals surface area contributed by atoms with Crippen molar-refractivity contribution < 1.29 is 14.3 Å². The highest BCUT2D eigenvalue weighted by molar-refractivity contribution is 14.1. The number of hydrogen-bond acceptors (Lipinski definition) is 4. The molecule has 1 aliphatic heterocycles. The number of carbonyl (C=O) groups excluding carboxylic acids is 2. The van der Waals surface area contributed by atoms with Crippen LogP contribution in [-0.4, -0.2) is 18.4 Å². The molecular weight excluding hydrogens is 455 g/mol. The van der Waals surface area contributed by atoms with Crippen molar-refractivity contribution in [3.8, 4) is 5.75 Å². The summed E-state index contributed by atoms with van der Waals surface area (Å²) in [6.45, 7) is 2.35. The molecule has 0 spiro atoms. The first-order valence-corrected chi connectivity index (χ1v) is 9.01. The number of carbonyl (C=O) groups is 2. The molecule has 128 valence electrons. The third kappa shape index (κ3) is 3.50. The molecule has 2 aromatic carbocycles. The molecule has 2 amide bonds. The summed E-state index contributed by atoms with van der Waals surface area (Å²) in [5, 5.41) is 2.80. The molecule has 0 unspecified atom stereocenters. The van der Waals surface area contributed by atoms with Gasteiger partial charge in [0.1, 0.15) is 16.5 Å². The van der Waals surface area contributed by atoms with Crippen LogP contribution < -0.4 is 15.0 Å². The third-order valence-electron chi connectivity index (χ3n) is 3.56. The molecule has 3 rings (SSSR count). The van der Waals surface area contributed by atoms with E-state index in [1.165, 1.54) is 0 Å². The molecule has 25 heavy (non-hydrogen) atoms. The highest BCUT2D eigenvalue weighted by Crippen LogP contribution is 2.32. The molecular formula is C18H14ClIN2O3. The van der Waals surface area contributed by atoms with Gasteiger partial charge in [-0.1, -0.05) is 23.7 Å². The smallest absolute Gasteiger partial charge is 0.283 e. The van der Waals surface area contributed by atoms with E-state index < -0.39 is 11.8 Å². The summed E-state index contributed by atoms with van der Waals surface area (Å²) in [7, 11) is 0. The number of para-hydroxylation sites is 2. The number of ether oxygens (including phenoxy) is 1. The van der Waals surface area contributed by atoms with Crippen molar-refractivity contribution in [3.63, 3.8) is 0 Å². The van der Waals surface area contributed by atoms with Crippen LogP contribution in [0.4, 0.5) is 11.4 Å². The maximum Gasteiger partial charge on any atom is 0.283 e. The normalized spacial score (nSPS) is 14.3. The highest BCUT2D eigenvalue weighted by atomic mass is 127. The number of imide groups is 1. The predicted molar refractivity (Wildman–Crippen MR) is 106 cm³/mol. The minimum Gasteiger partial charge on any atom is -0.492 e. The topological polar surface area (TPSA) is 58.6 Å². The van der Waals surface area contributed by atoms with Gasteiger partial charge >= 0.3 is 0 Å². The van der Waals surface area contributed by atoms with E-state index in [0.29, 0.717) is 23.7 Å². The molecule has 0 bridgehead atoms. The number of nitrogens with one attached hydrogen (secondary N) is 1. The number of halogens is 2. The fourth-order valence-electron chi connectivity index (χ4n) is 2.42. The van der Waals surface area contributed by atoms with E-state index in [1.54, 1.807) is 30.3 Å². The average Bonchev–Trinajstić information content (AvgIpc) is 2.81. The molecule has 2 aromatic rings. The molecule has 1 heterocycles. The van der Waals surface area contributed by atoms with Gasteiger partial charge in [-0.2, -0.15) is 0 Å². The Hall–Kier alpha value is -2.06. The zero-order valence-electron chi connectivity index (χ0n) is 13.3. The Balaban J connectivity index is 1.91. The van der Waals surface area contributed by atoms with Crippen molar-refractivity contribution in [1.29, 1.82) is 0 Å². The number of anilines is 2. The minimum absolute atomic E-state index is 0.0392. The van der Waals surface area contributed by atoms with Crippen LogP contribution in [0.2, 0.25) is 0 Å². The van der Waals surface area contributed by atoms with E-state index in [0.717, 1.165) is 8.47 Å². The van der Waals surface area contributed by atoms with Gasteiger partial charge < -0.3 is 10.1 Å². The van der Waals surface area contributed by atoms with Crippen LogP contribution >= 0.6 is 34.2 Å². The highest BCUT2D eigenvalue weighted by Gasteiger charge is 2.39. The molecule has 0 aliphatic carbocycles. The van der Waals surface area contributed by atoms with Gasteiger partial charge in [0.25, 0.3) is 11.8 Å². The standard InChI is InChI=1S/C18H14ClIN2O3/c1-2-25-14-6-4-3-5-13(14)21-16-15(19)17(23)22(18(16)24)12-9-7-11(20)8-10-12/h3-10,21H,2H2,1H3. The molecule has 5 nitrogen and oxygen atoms in total. The number of benzene rings is 2. The predicted octanol–water partition coefficient (Wildman–Crippen LogP) is 4.13. The van der Waals surface area contributed by atoms with Crippen LogP contribution in [-0.2, 0) is 9.59 Å². The maximum atomic E-state index is 12.7. The molecule has 1 N–H and O–H groups in total. The van der Waals surface area contributed by atoms with Crippen molar-refractivity contribution in [2.24, 2.45) is 0 Å². The second kappa shape index (κ2) is 7.45. The monoisotopic (exact) mass is 468 g/mol. The Bertz CT molecular complexity index is 865. The van der Waals surface area contributed by atoms with Crippen molar-refractivity contribution in [2.75, 3.05) is 16.8 Å². The Morgan fingerprint density at radius 2 is 1.76 bits per heavy atom. The SMILES string of the molecule is CCOc1ccccc1NC1=C(Cl)C(=O)N(c2ccc(I)cc2)C1=O. The van der Waals surface area contributed by atoms with Gasteiger partial charge in [-0.05, 0) is 65.9 Å². The van der Waals surface area contributed by atoms with E-state index in [2.05, 4.69) is 27.9 Å². The van der Waals surface area contributed by atoms with Crippen molar-refractivity contribution >= 4 is 57.4 Å². The maximum absolute atomic E-state index is 12.7. The van der Waals surface area contributed by atoms with E-state index >= 15 is 0 Å². The van der Waals surface area contributed by atoms with Crippen LogP contribution in [0.5, 0.6) is 5.75 Å². The molecule has 0 saturated heterocycles. The first kappa shape index (κ1) is 17.8. The van der Waals surface area contributed by atoms with E-state index in [-0.39, 0.29) is 10.7 Å². The zero-order valence-corrected chi connectivity index (χ0v) is 16.2. The van der Waals surface area contributed by atoms with Gasteiger partial charge in [-0.25, -0.2) is 4.90 Å². The Kier molecular flexibility index (Phi) is 5.29. The first-order chi connectivity index (χ1) is 12.0.